The highest BCUT2D eigenvalue weighted by Crippen LogP contribution is 2.48. The first kappa shape index (κ1) is 18.7. The topological polar surface area (TPSA) is 125 Å². The minimum absolute atomic E-state index is 0.0238. The molecule has 0 saturated heterocycles. The maximum absolute atomic E-state index is 9.88. The molecule has 0 saturated carbocycles. The zero-order valence-corrected chi connectivity index (χ0v) is 16.8. The van der Waals surface area contributed by atoms with E-state index in [0.717, 1.165) is 11.1 Å². The van der Waals surface area contributed by atoms with Gasteiger partial charge in [0.1, 0.15) is 17.3 Å². The van der Waals surface area contributed by atoms with Gasteiger partial charge in [0.2, 0.25) is 18.6 Å². The molecule has 1 aromatic heterocycles. The molecule has 0 fully saturated rings. The first-order valence-electron chi connectivity index (χ1n) is 9.42. The molecule has 0 aliphatic carbocycles. The van der Waals surface area contributed by atoms with E-state index in [4.69, 9.17) is 29.4 Å². The van der Waals surface area contributed by atoms with Crippen molar-refractivity contribution < 1.29 is 23.7 Å². The molecule has 2 aliphatic heterocycles. The fourth-order valence-corrected chi connectivity index (χ4v) is 3.88. The molecule has 9 heteroatoms. The van der Waals surface area contributed by atoms with Crippen LogP contribution < -0.4 is 29.4 Å². The van der Waals surface area contributed by atoms with Crippen LogP contribution in [0.1, 0.15) is 17.0 Å². The third kappa shape index (κ3) is 2.88. The van der Waals surface area contributed by atoms with E-state index in [1.807, 2.05) is 30.3 Å². The van der Waals surface area contributed by atoms with E-state index in [1.54, 1.807) is 20.3 Å². The highest BCUT2D eigenvalue weighted by molar-refractivity contribution is 5.73. The van der Waals surface area contributed by atoms with Gasteiger partial charge in [0.25, 0.3) is 0 Å². The van der Waals surface area contributed by atoms with Crippen LogP contribution in [0.15, 0.2) is 47.9 Å². The number of H-pyrrole nitrogens is 1. The van der Waals surface area contributed by atoms with E-state index >= 15 is 0 Å². The average molecular weight is 418 g/mol. The van der Waals surface area contributed by atoms with Gasteiger partial charge in [-0.05, 0) is 35.9 Å². The van der Waals surface area contributed by atoms with E-state index in [0.29, 0.717) is 40.1 Å². The highest BCUT2D eigenvalue weighted by Gasteiger charge is 2.36. The second-order valence-corrected chi connectivity index (χ2v) is 6.92. The van der Waals surface area contributed by atoms with Crippen LogP contribution in [0.4, 0.5) is 0 Å². The van der Waals surface area contributed by atoms with Crippen molar-refractivity contribution in [2.45, 2.75) is 5.92 Å². The third-order valence-electron chi connectivity index (χ3n) is 5.33. The third-order valence-corrected chi connectivity index (χ3v) is 5.33. The van der Waals surface area contributed by atoms with Crippen molar-refractivity contribution in [3.05, 3.63) is 59.0 Å². The summed E-state index contributed by atoms with van der Waals surface area (Å²) in [6.07, 6.45) is 0. The smallest absolute Gasteiger partial charge is 0.231 e. The Bertz CT molecular complexity index is 1260. The molecule has 3 heterocycles. The van der Waals surface area contributed by atoms with E-state index < -0.39 is 5.92 Å². The summed E-state index contributed by atoms with van der Waals surface area (Å²) < 4.78 is 27.4. The standard InChI is InChI=1S/C22H18N4O5/c1-27-14-5-3-11(7-16(14)28-2)18-13(9-23)21(24)31-22-19(18)20(25-26-22)12-4-6-15-17(8-12)30-10-29-15/h3-8,18H,10,24H2,1-2H3,(H,25,26). The summed E-state index contributed by atoms with van der Waals surface area (Å²) in [6, 6.07) is 13.2. The van der Waals surface area contributed by atoms with Gasteiger partial charge < -0.3 is 29.4 Å². The van der Waals surface area contributed by atoms with Crippen LogP contribution in [0, 0.1) is 11.3 Å². The maximum atomic E-state index is 9.88. The number of aromatic nitrogens is 2. The van der Waals surface area contributed by atoms with Gasteiger partial charge in [-0.1, -0.05) is 6.07 Å². The number of methoxy groups -OCH3 is 2. The van der Waals surface area contributed by atoms with Gasteiger partial charge in [0, 0.05) is 5.56 Å². The molecule has 9 nitrogen and oxygen atoms in total. The summed E-state index contributed by atoms with van der Waals surface area (Å²) in [5.74, 6) is 2.30. The molecule has 1 unspecified atom stereocenters. The van der Waals surface area contributed by atoms with Gasteiger partial charge in [-0.25, -0.2) is 5.10 Å². The Hall–Kier alpha value is -4.32. The van der Waals surface area contributed by atoms with E-state index in [-0.39, 0.29) is 18.2 Å². The number of allylic oxidation sites excluding steroid dienone is 1. The molecule has 5 rings (SSSR count). The number of aromatic amines is 1. The molecule has 0 spiro atoms. The predicted octanol–water partition coefficient (Wildman–Crippen LogP) is 3.04. The Kier molecular flexibility index (Phi) is 4.33. The Labute approximate surface area is 177 Å². The lowest BCUT2D eigenvalue weighted by molar-refractivity contribution is 0.174. The number of rotatable bonds is 4. The molecule has 0 radical (unpaired) electrons. The Morgan fingerprint density at radius 3 is 2.68 bits per heavy atom. The van der Waals surface area contributed by atoms with Crippen LogP contribution in [0.3, 0.4) is 0 Å². The molecule has 0 amide bonds. The van der Waals surface area contributed by atoms with Crippen molar-refractivity contribution in [1.29, 1.82) is 5.26 Å². The summed E-state index contributed by atoms with van der Waals surface area (Å²) in [4.78, 5) is 0. The normalized spacial score (nSPS) is 16.4. The Balaban J connectivity index is 1.69. The lowest BCUT2D eigenvalue weighted by atomic mass is 9.83. The summed E-state index contributed by atoms with van der Waals surface area (Å²) in [6.45, 7) is 0.173. The number of nitrogens with zero attached hydrogens (tertiary/aromatic N) is 2. The highest BCUT2D eigenvalue weighted by atomic mass is 16.7. The lowest BCUT2D eigenvalue weighted by Gasteiger charge is -2.25. The second-order valence-electron chi connectivity index (χ2n) is 6.92. The fourth-order valence-electron chi connectivity index (χ4n) is 3.88. The van der Waals surface area contributed by atoms with Crippen LogP contribution >= 0.6 is 0 Å². The molecule has 3 N–H and O–H groups in total. The number of fused-ring (bicyclic) bond motifs is 2. The van der Waals surface area contributed by atoms with Gasteiger partial charge >= 0.3 is 0 Å². The van der Waals surface area contributed by atoms with Crippen molar-refractivity contribution in [1.82, 2.24) is 10.2 Å². The van der Waals surface area contributed by atoms with Gasteiger partial charge in [0.05, 0.1) is 25.7 Å². The number of hydrogen-bond donors (Lipinski definition) is 2. The number of ether oxygens (including phenoxy) is 5. The first-order chi connectivity index (χ1) is 15.1. The number of benzene rings is 2. The van der Waals surface area contributed by atoms with Gasteiger partial charge in [-0.3, -0.25) is 0 Å². The zero-order valence-electron chi connectivity index (χ0n) is 16.8. The largest absolute Gasteiger partial charge is 0.493 e. The van der Waals surface area contributed by atoms with Gasteiger partial charge in [-0.2, -0.15) is 10.4 Å². The van der Waals surface area contributed by atoms with E-state index in [2.05, 4.69) is 16.3 Å². The lowest BCUT2D eigenvalue weighted by Crippen LogP contribution is -2.21. The minimum Gasteiger partial charge on any atom is -0.493 e. The van der Waals surface area contributed by atoms with Crippen LogP contribution in [0.5, 0.6) is 28.9 Å². The second kappa shape index (κ2) is 7.18. The van der Waals surface area contributed by atoms with E-state index in [9.17, 15) is 5.26 Å². The minimum atomic E-state index is -0.521. The monoisotopic (exact) mass is 418 g/mol. The quantitative estimate of drug-likeness (QED) is 0.662. The molecule has 156 valence electrons. The summed E-state index contributed by atoms with van der Waals surface area (Å²) in [7, 11) is 3.12. The molecular weight excluding hydrogens is 400 g/mol. The molecular formula is C22H18N4O5. The maximum Gasteiger partial charge on any atom is 0.231 e. The van der Waals surface area contributed by atoms with Crippen molar-refractivity contribution >= 4 is 0 Å². The summed E-state index contributed by atoms with van der Waals surface area (Å²) in [5, 5.41) is 17.2. The average Bonchev–Trinajstić information content (AvgIpc) is 3.43. The van der Waals surface area contributed by atoms with Crippen LogP contribution in [0.25, 0.3) is 11.3 Å². The van der Waals surface area contributed by atoms with Crippen molar-refractivity contribution in [3.63, 3.8) is 0 Å². The molecule has 31 heavy (non-hydrogen) atoms. The van der Waals surface area contributed by atoms with Crippen molar-refractivity contribution in [2.75, 3.05) is 21.0 Å². The Morgan fingerprint density at radius 1 is 1.10 bits per heavy atom. The predicted molar refractivity (Wildman–Crippen MR) is 109 cm³/mol. The molecule has 1 atom stereocenters. The van der Waals surface area contributed by atoms with E-state index in [1.165, 1.54) is 0 Å². The molecule has 2 aromatic carbocycles. The van der Waals surface area contributed by atoms with Gasteiger partial charge in [-0.15, -0.1) is 0 Å². The summed E-state index contributed by atoms with van der Waals surface area (Å²) in [5.41, 5.74) is 9.23. The SMILES string of the molecule is COc1ccc(C2C(C#N)=C(N)Oc3[nH]nc(-c4ccc5c(c4)OCO5)c32)cc1OC. The number of nitriles is 1. The van der Waals surface area contributed by atoms with Gasteiger partial charge in [0.15, 0.2) is 23.0 Å². The zero-order chi connectivity index (χ0) is 21.5. The number of nitrogens with one attached hydrogen (secondary N) is 1. The van der Waals surface area contributed by atoms with Crippen LogP contribution in [-0.4, -0.2) is 31.2 Å². The molecule has 2 aliphatic rings. The molecule has 0 bridgehead atoms. The number of hydrogen-bond acceptors (Lipinski definition) is 8. The first-order valence-corrected chi connectivity index (χ1v) is 9.42. The van der Waals surface area contributed by atoms with Crippen molar-refractivity contribution in [2.24, 2.45) is 5.73 Å². The van der Waals surface area contributed by atoms with Crippen LogP contribution in [0.2, 0.25) is 0 Å². The van der Waals surface area contributed by atoms with Crippen molar-refractivity contribution in [3.8, 4) is 46.2 Å². The number of nitrogens with two attached hydrogens (primary N) is 1. The molecule has 3 aromatic rings. The van der Waals surface area contributed by atoms with Crippen LogP contribution in [-0.2, 0) is 0 Å². The summed E-state index contributed by atoms with van der Waals surface area (Å²) >= 11 is 0. The fraction of sp³-hybridized carbons (Fsp3) is 0.182. The Morgan fingerprint density at radius 2 is 1.90 bits per heavy atom.